The highest BCUT2D eigenvalue weighted by Gasteiger charge is 2.32. The second kappa shape index (κ2) is 6.45. The molecule has 0 aromatic carbocycles. The Balaban J connectivity index is 0.000000399. The lowest BCUT2D eigenvalue weighted by Crippen LogP contribution is -2.18. The van der Waals surface area contributed by atoms with Crippen molar-refractivity contribution in [2.45, 2.75) is 40.0 Å². The number of halogens is 3. The number of aromatic nitrogens is 2. The molecule has 6 heteroatoms. The lowest BCUT2D eigenvalue weighted by atomic mass is 10.4. The predicted octanol–water partition coefficient (Wildman–Crippen LogP) is 4.35. The summed E-state index contributed by atoms with van der Waals surface area (Å²) in [6.07, 6.45) is -0.567. The zero-order valence-electron chi connectivity index (χ0n) is 11.2. The largest absolute Gasteiger partial charge is 0.574 e. The normalized spacial score (nSPS) is 11.1. The first kappa shape index (κ1) is 15.3. The summed E-state index contributed by atoms with van der Waals surface area (Å²) in [6.45, 7) is 6.06. The SMILES string of the molecule is CCCC.Cc1cn2c(OC(F)(F)F)cccc2n1. The molecule has 0 aliphatic rings. The topological polar surface area (TPSA) is 26.5 Å². The van der Waals surface area contributed by atoms with E-state index in [4.69, 9.17) is 0 Å². The first-order valence-electron chi connectivity index (χ1n) is 6.07. The van der Waals surface area contributed by atoms with Gasteiger partial charge < -0.3 is 4.74 Å². The number of alkyl halides is 3. The van der Waals surface area contributed by atoms with Crippen LogP contribution >= 0.6 is 0 Å². The lowest BCUT2D eigenvalue weighted by molar-refractivity contribution is -0.276. The average molecular weight is 274 g/mol. The third-order valence-electron chi connectivity index (χ3n) is 2.30. The Bertz CT molecular complexity index is 518. The van der Waals surface area contributed by atoms with Crippen LogP contribution < -0.4 is 4.74 Å². The van der Waals surface area contributed by atoms with E-state index in [2.05, 4.69) is 23.6 Å². The molecule has 0 aliphatic heterocycles. The van der Waals surface area contributed by atoms with Crippen LogP contribution in [-0.4, -0.2) is 15.7 Å². The molecule has 0 fully saturated rings. The Hall–Kier alpha value is -1.72. The number of aryl methyl sites for hydroxylation is 1. The van der Waals surface area contributed by atoms with Gasteiger partial charge in [0, 0.05) is 6.20 Å². The molecule has 3 nitrogen and oxygen atoms in total. The molecular weight excluding hydrogens is 257 g/mol. The number of pyridine rings is 1. The van der Waals surface area contributed by atoms with Crippen molar-refractivity contribution in [3.8, 4) is 5.88 Å². The predicted molar refractivity (Wildman–Crippen MR) is 67.2 cm³/mol. The molecule has 0 saturated carbocycles. The molecule has 0 amide bonds. The number of unbranched alkanes of at least 4 members (excludes halogenated alkanes) is 1. The molecule has 0 aliphatic carbocycles. The summed E-state index contributed by atoms with van der Waals surface area (Å²) in [5.41, 5.74) is 1.06. The molecule has 19 heavy (non-hydrogen) atoms. The minimum absolute atomic E-state index is 0.291. The maximum absolute atomic E-state index is 12.0. The number of ether oxygens (including phenoxy) is 1. The van der Waals surface area contributed by atoms with E-state index < -0.39 is 6.36 Å². The summed E-state index contributed by atoms with van der Waals surface area (Å²) in [6, 6.07) is 4.31. The van der Waals surface area contributed by atoms with Crippen molar-refractivity contribution in [1.82, 2.24) is 9.38 Å². The van der Waals surface area contributed by atoms with Crippen LogP contribution in [0.4, 0.5) is 13.2 Å². The van der Waals surface area contributed by atoms with Gasteiger partial charge in [-0.3, -0.25) is 4.40 Å². The van der Waals surface area contributed by atoms with Gasteiger partial charge in [0.25, 0.3) is 0 Å². The van der Waals surface area contributed by atoms with Gasteiger partial charge in [-0.25, -0.2) is 4.98 Å². The second-order valence-electron chi connectivity index (χ2n) is 4.02. The molecule has 2 rings (SSSR count). The van der Waals surface area contributed by atoms with E-state index in [-0.39, 0.29) is 5.88 Å². The first-order chi connectivity index (χ1) is 8.87. The molecule has 106 valence electrons. The summed E-state index contributed by atoms with van der Waals surface area (Å²) < 4.78 is 41.2. The molecule has 0 bridgehead atoms. The fourth-order valence-corrected chi connectivity index (χ4v) is 1.31. The van der Waals surface area contributed by atoms with Gasteiger partial charge in [-0.1, -0.05) is 32.8 Å². The van der Waals surface area contributed by atoms with Crippen LogP contribution in [0.3, 0.4) is 0 Å². The minimum Gasteiger partial charge on any atom is -0.389 e. The molecule has 0 radical (unpaired) electrons. The minimum atomic E-state index is -4.69. The number of hydrogen-bond acceptors (Lipinski definition) is 2. The zero-order valence-corrected chi connectivity index (χ0v) is 11.2. The lowest BCUT2D eigenvalue weighted by Gasteiger charge is -2.09. The quantitative estimate of drug-likeness (QED) is 0.814. The molecule has 2 aromatic heterocycles. The van der Waals surface area contributed by atoms with Crippen LogP contribution in [0.2, 0.25) is 0 Å². The van der Waals surface area contributed by atoms with Gasteiger partial charge in [0.15, 0.2) is 0 Å². The Morgan fingerprint density at radius 1 is 1.21 bits per heavy atom. The highest BCUT2D eigenvalue weighted by Crippen LogP contribution is 2.23. The van der Waals surface area contributed by atoms with Crippen LogP contribution in [-0.2, 0) is 0 Å². The van der Waals surface area contributed by atoms with Crippen molar-refractivity contribution in [3.63, 3.8) is 0 Å². The van der Waals surface area contributed by atoms with Gasteiger partial charge in [-0.05, 0) is 19.1 Å². The molecule has 2 aromatic rings. The summed E-state index contributed by atoms with van der Waals surface area (Å²) >= 11 is 0. The highest BCUT2D eigenvalue weighted by atomic mass is 19.4. The first-order valence-corrected chi connectivity index (χ1v) is 6.07. The van der Waals surface area contributed by atoms with Gasteiger partial charge >= 0.3 is 6.36 Å². The van der Waals surface area contributed by atoms with Crippen LogP contribution in [0.15, 0.2) is 24.4 Å². The number of rotatable bonds is 2. The molecular formula is C13H17F3N2O. The van der Waals surface area contributed by atoms with Gasteiger partial charge in [-0.15, -0.1) is 13.2 Å². The Kier molecular flexibility index (Phi) is 5.20. The molecule has 0 N–H and O–H groups in total. The number of hydrogen-bond donors (Lipinski definition) is 0. The van der Waals surface area contributed by atoms with Crippen molar-refractivity contribution in [3.05, 3.63) is 30.1 Å². The van der Waals surface area contributed by atoms with Crippen molar-refractivity contribution in [2.75, 3.05) is 0 Å². The Labute approximate surface area is 110 Å². The van der Waals surface area contributed by atoms with Crippen molar-refractivity contribution in [2.24, 2.45) is 0 Å². The molecule has 0 saturated heterocycles. The Morgan fingerprint density at radius 2 is 1.84 bits per heavy atom. The summed E-state index contributed by atoms with van der Waals surface area (Å²) in [5, 5.41) is 0. The summed E-state index contributed by atoms with van der Waals surface area (Å²) in [7, 11) is 0. The van der Waals surface area contributed by atoms with Gasteiger partial charge in [0.2, 0.25) is 5.88 Å². The van der Waals surface area contributed by atoms with Crippen LogP contribution in [0.25, 0.3) is 5.65 Å². The van der Waals surface area contributed by atoms with Gasteiger partial charge in [0.1, 0.15) is 5.65 Å². The van der Waals surface area contributed by atoms with Crippen LogP contribution in [0, 0.1) is 6.92 Å². The van der Waals surface area contributed by atoms with E-state index in [9.17, 15) is 13.2 Å². The third-order valence-corrected chi connectivity index (χ3v) is 2.30. The van der Waals surface area contributed by atoms with E-state index in [1.165, 1.54) is 35.6 Å². The van der Waals surface area contributed by atoms with Crippen molar-refractivity contribution in [1.29, 1.82) is 0 Å². The smallest absolute Gasteiger partial charge is 0.389 e. The standard InChI is InChI=1S/C9H7F3N2O.C4H10/c1-6-5-14-7(13-6)3-2-4-8(14)15-9(10,11)12;1-3-4-2/h2-5H,1H3;3-4H2,1-2H3. The van der Waals surface area contributed by atoms with Crippen LogP contribution in [0.5, 0.6) is 5.88 Å². The van der Waals surface area contributed by atoms with E-state index >= 15 is 0 Å². The van der Waals surface area contributed by atoms with Gasteiger partial charge in [-0.2, -0.15) is 0 Å². The van der Waals surface area contributed by atoms with E-state index in [1.54, 1.807) is 13.0 Å². The second-order valence-corrected chi connectivity index (χ2v) is 4.02. The molecule has 0 unspecified atom stereocenters. The van der Waals surface area contributed by atoms with E-state index in [0.29, 0.717) is 11.3 Å². The number of fused-ring (bicyclic) bond motifs is 1. The number of imidazole rings is 1. The Morgan fingerprint density at radius 3 is 2.37 bits per heavy atom. The fraction of sp³-hybridized carbons (Fsp3) is 0.462. The van der Waals surface area contributed by atoms with E-state index in [1.807, 2.05) is 0 Å². The third kappa shape index (κ3) is 4.81. The van der Waals surface area contributed by atoms with Gasteiger partial charge in [0.05, 0.1) is 5.69 Å². The monoisotopic (exact) mass is 274 g/mol. The van der Waals surface area contributed by atoms with Crippen molar-refractivity contribution < 1.29 is 17.9 Å². The highest BCUT2D eigenvalue weighted by molar-refractivity contribution is 5.43. The average Bonchev–Trinajstić information content (AvgIpc) is 2.69. The molecule has 2 heterocycles. The maximum Gasteiger partial charge on any atom is 0.574 e. The number of nitrogens with zero attached hydrogens (tertiary/aromatic N) is 2. The zero-order chi connectivity index (χ0) is 14.5. The summed E-state index contributed by atoms with van der Waals surface area (Å²) in [4.78, 5) is 4.02. The molecule has 0 atom stereocenters. The van der Waals surface area contributed by atoms with Crippen molar-refractivity contribution >= 4 is 5.65 Å². The van der Waals surface area contributed by atoms with Crippen LogP contribution in [0.1, 0.15) is 32.4 Å². The molecule has 0 spiro atoms. The summed E-state index contributed by atoms with van der Waals surface area (Å²) in [5.74, 6) is -0.291. The van der Waals surface area contributed by atoms with E-state index in [0.717, 1.165) is 0 Å². The fourth-order valence-electron chi connectivity index (χ4n) is 1.31. The maximum atomic E-state index is 12.0.